The maximum atomic E-state index is 13.7. The molecule has 31 heavy (non-hydrogen) atoms. The van der Waals surface area contributed by atoms with Crippen molar-refractivity contribution >= 4 is 55.5 Å². The highest BCUT2D eigenvalue weighted by atomic mass is 35.5. The summed E-state index contributed by atoms with van der Waals surface area (Å²) >= 11 is 12.0. The van der Waals surface area contributed by atoms with Crippen LogP contribution >= 0.6 is 23.2 Å². The third-order valence-corrected chi connectivity index (χ3v) is 6.84. The molecule has 0 atom stereocenters. The summed E-state index contributed by atoms with van der Waals surface area (Å²) in [7, 11) is -2.25. The van der Waals surface area contributed by atoms with Crippen LogP contribution < -0.4 is 10.6 Å². The molecule has 4 rings (SSSR count). The largest absolute Gasteiger partial charge is 0.353 e. The zero-order valence-electron chi connectivity index (χ0n) is 16.2. The summed E-state index contributed by atoms with van der Waals surface area (Å²) in [4.78, 5) is 3.85. The Labute approximate surface area is 188 Å². The van der Waals surface area contributed by atoms with Crippen LogP contribution in [0.3, 0.4) is 0 Å². The number of nitrogens with zero attached hydrogens (tertiary/aromatic N) is 2. The minimum absolute atomic E-state index is 0.135. The van der Waals surface area contributed by atoms with Crippen LogP contribution in [-0.2, 0) is 16.6 Å². The summed E-state index contributed by atoms with van der Waals surface area (Å²) in [5.41, 5.74) is 2.35. The Morgan fingerprint density at radius 3 is 2.61 bits per heavy atom. The lowest BCUT2D eigenvalue weighted by Crippen LogP contribution is -2.12. The van der Waals surface area contributed by atoms with Crippen molar-refractivity contribution in [1.82, 2.24) is 14.3 Å². The minimum Gasteiger partial charge on any atom is -0.353 e. The first-order valence-corrected chi connectivity index (χ1v) is 11.4. The standard InChI is InChI=1S/C21H17Cl2FN4O2S/c1-25-11-13-12-28(31(29,30)16-4-2-3-14(24)9-16)19-10-15(5-6-17(13)19)26-18-7-8-20(22)27-21(18)23/h2-10,12,25-26H,11H2,1H3. The van der Waals surface area contributed by atoms with Crippen molar-refractivity contribution in [2.75, 3.05) is 12.4 Å². The molecule has 0 saturated heterocycles. The Bertz CT molecular complexity index is 1390. The number of fused-ring (bicyclic) bond motifs is 1. The van der Waals surface area contributed by atoms with Crippen LogP contribution in [0.15, 0.2) is 65.7 Å². The molecule has 0 unspecified atom stereocenters. The van der Waals surface area contributed by atoms with Crippen LogP contribution in [0.5, 0.6) is 0 Å². The summed E-state index contributed by atoms with van der Waals surface area (Å²) in [5, 5.41) is 7.36. The fourth-order valence-electron chi connectivity index (χ4n) is 3.28. The third kappa shape index (κ3) is 4.24. The van der Waals surface area contributed by atoms with Crippen LogP contribution in [0.1, 0.15) is 5.56 Å². The second-order valence-electron chi connectivity index (χ2n) is 6.77. The molecule has 4 aromatic rings. The molecule has 0 fully saturated rings. The Hall–Kier alpha value is -2.65. The number of hydrogen-bond donors (Lipinski definition) is 2. The molecule has 0 amide bonds. The summed E-state index contributed by atoms with van der Waals surface area (Å²) in [5.74, 6) is -0.625. The fraction of sp³-hybridized carbons (Fsp3) is 0.0952. The number of rotatable bonds is 6. The van der Waals surface area contributed by atoms with Crippen LogP contribution in [0.4, 0.5) is 15.8 Å². The van der Waals surface area contributed by atoms with E-state index in [4.69, 9.17) is 23.2 Å². The van der Waals surface area contributed by atoms with E-state index in [9.17, 15) is 12.8 Å². The molecule has 2 N–H and O–H groups in total. The van der Waals surface area contributed by atoms with Crippen molar-refractivity contribution < 1.29 is 12.8 Å². The molecule has 10 heteroatoms. The lowest BCUT2D eigenvalue weighted by Gasteiger charge is -2.11. The molecule has 160 valence electrons. The van der Waals surface area contributed by atoms with Gasteiger partial charge in [-0.3, -0.25) is 0 Å². The molecule has 2 aromatic carbocycles. The quantitative estimate of drug-likeness (QED) is 0.373. The van der Waals surface area contributed by atoms with Gasteiger partial charge in [-0.15, -0.1) is 0 Å². The molecule has 0 aliphatic carbocycles. The second-order valence-corrected chi connectivity index (χ2v) is 9.33. The first-order valence-electron chi connectivity index (χ1n) is 9.18. The lowest BCUT2D eigenvalue weighted by molar-refractivity contribution is 0.584. The Balaban J connectivity index is 1.85. The summed E-state index contributed by atoms with van der Waals surface area (Å²) in [6, 6.07) is 13.5. The molecular formula is C21H17Cl2FN4O2S. The highest BCUT2D eigenvalue weighted by molar-refractivity contribution is 7.90. The topological polar surface area (TPSA) is 76.0 Å². The molecule has 0 spiro atoms. The van der Waals surface area contributed by atoms with E-state index in [1.165, 1.54) is 18.2 Å². The van der Waals surface area contributed by atoms with Gasteiger partial charge in [0.15, 0.2) is 5.15 Å². The number of aromatic nitrogens is 2. The summed E-state index contributed by atoms with van der Waals surface area (Å²) in [6.45, 7) is 0.460. The molecule has 2 aromatic heterocycles. The average Bonchev–Trinajstić information content (AvgIpc) is 3.09. The summed E-state index contributed by atoms with van der Waals surface area (Å²) < 4.78 is 41.4. The highest BCUT2D eigenvalue weighted by Gasteiger charge is 2.22. The van der Waals surface area contributed by atoms with E-state index < -0.39 is 15.8 Å². The maximum absolute atomic E-state index is 13.7. The number of benzene rings is 2. The number of pyridine rings is 1. The number of anilines is 2. The van der Waals surface area contributed by atoms with Gasteiger partial charge in [0.25, 0.3) is 10.0 Å². The van der Waals surface area contributed by atoms with Gasteiger partial charge in [-0.05, 0) is 55.1 Å². The minimum atomic E-state index is -4.02. The Morgan fingerprint density at radius 2 is 1.90 bits per heavy atom. The SMILES string of the molecule is CNCc1cn(S(=O)(=O)c2cccc(F)c2)c2cc(Nc3ccc(Cl)nc3Cl)ccc12. The van der Waals surface area contributed by atoms with Crippen molar-refractivity contribution in [3.05, 3.63) is 82.5 Å². The van der Waals surface area contributed by atoms with Crippen LogP contribution in [0.2, 0.25) is 10.3 Å². The smallest absolute Gasteiger partial charge is 0.268 e. The molecule has 0 radical (unpaired) electrons. The van der Waals surface area contributed by atoms with Gasteiger partial charge in [0.1, 0.15) is 11.0 Å². The number of nitrogens with one attached hydrogen (secondary N) is 2. The molecule has 6 nitrogen and oxygen atoms in total. The second kappa shape index (κ2) is 8.47. The van der Waals surface area contributed by atoms with Crippen LogP contribution in [0.25, 0.3) is 10.9 Å². The van der Waals surface area contributed by atoms with Gasteiger partial charge in [-0.2, -0.15) is 0 Å². The van der Waals surface area contributed by atoms with E-state index >= 15 is 0 Å². The molecular weight excluding hydrogens is 462 g/mol. The van der Waals surface area contributed by atoms with Gasteiger partial charge in [-0.1, -0.05) is 35.3 Å². The van der Waals surface area contributed by atoms with Crippen molar-refractivity contribution in [3.63, 3.8) is 0 Å². The lowest BCUT2D eigenvalue weighted by atomic mass is 10.1. The predicted octanol–water partition coefficient (Wildman–Crippen LogP) is 5.18. The van der Waals surface area contributed by atoms with E-state index in [0.29, 0.717) is 23.4 Å². The first kappa shape index (κ1) is 21.6. The number of halogens is 3. The monoisotopic (exact) mass is 478 g/mol. The summed E-state index contributed by atoms with van der Waals surface area (Å²) in [6.07, 6.45) is 1.54. The molecule has 0 bridgehead atoms. The van der Waals surface area contributed by atoms with Crippen molar-refractivity contribution in [1.29, 1.82) is 0 Å². The highest BCUT2D eigenvalue weighted by Crippen LogP contribution is 2.31. The van der Waals surface area contributed by atoms with Gasteiger partial charge < -0.3 is 10.6 Å². The van der Waals surface area contributed by atoms with Crippen molar-refractivity contribution in [2.45, 2.75) is 11.4 Å². The van der Waals surface area contributed by atoms with E-state index in [0.717, 1.165) is 21.0 Å². The van der Waals surface area contributed by atoms with Gasteiger partial charge >= 0.3 is 0 Å². The number of hydrogen-bond acceptors (Lipinski definition) is 5. The normalized spacial score (nSPS) is 11.7. The van der Waals surface area contributed by atoms with E-state index in [-0.39, 0.29) is 15.2 Å². The zero-order chi connectivity index (χ0) is 22.2. The fourth-order valence-corrected chi connectivity index (χ4v) is 5.08. The predicted molar refractivity (Wildman–Crippen MR) is 121 cm³/mol. The first-order chi connectivity index (χ1) is 14.8. The average molecular weight is 479 g/mol. The Kier molecular flexibility index (Phi) is 5.90. The van der Waals surface area contributed by atoms with Gasteiger partial charge in [0.05, 0.1) is 16.1 Å². The molecule has 0 aliphatic rings. The van der Waals surface area contributed by atoms with Crippen LogP contribution in [-0.4, -0.2) is 24.4 Å². The van der Waals surface area contributed by atoms with E-state index in [1.54, 1.807) is 31.4 Å². The van der Waals surface area contributed by atoms with Gasteiger partial charge in [0.2, 0.25) is 0 Å². The van der Waals surface area contributed by atoms with Crippen molar-refractivity contribution in [2.24, 2.45) is 0 Å². The maximum Gasteiger partial charge on any atom is 0.268 e. The molecule has 2 heterocycles. The van der Waals surface area contributed by atoms with Gasteiger partial charge in [0, 0.05) is 23.8 Å². The van der Waals surface area contributed by atoms with E-state index in [1.807, 2.05) is 12.1 Å². The molecule has 0 saturated carbocycles. The molecule has 0 aliphatic heterocycles. The van der Waals surface area contributed by atoms with Crippen molar-refractivity contribution in [3.8, 4) is 0 Å². The Morgan fingerprint density at radius 1 is 1.10 bits per heavy atom. The zero-order valence-corrected chi connectivity index (χ0v) is 18.6. The van der Waals surface area contributed by atoms with Crippen LogP contribution in [0, 0.1) is 5.82 Å². The van der Waals surface area contributed by atoms with E-state index in [2.05, 4.69) is 15.6 Å². The van der Waals surface area contributed by atoms with Gasteiger partial charge in [-0.25, -0.2) is 21.8 Å². The third-order valence-electron chi connectivity index (χ3n) is 4.67.